The SMILES string of the molecule is Cc1[nH]c2ccccc2c1C(=O)[C@H](C)OC(=O)/C=C/c1ccc([N+](=O)[O-])cc1. The molecule has 0 aliphatic rings. The number of hydrogen-bond donors (Lipinski definition) is 1. The van der Waals surface area contributed by atoms with Gasteiger partial charge in [-0.05, 0) is 43.7 Å². The number of H-pyrrole nitrogens is 1. The highest BCUT2D eigenvalue weighted by Crippen LogP contribution is 2.24. The van der Waals surface area contributed by atoms with Crippen LogP contribution in [-0.4, -0.2) is 27.8 Å². The van der Waals surface area contributed by atoms with Gasteiger partial charge in [0.15, 0.2) is 6.10 Å². The fraction of sp³-hybridized carbons (Fsp3) is 0.143. The molecule has 0 saturated carbocycles. The Morgan fingerprint density at radius 1 is 1.14 bits per heavy atom. The van der Waals surface area contributed by atoms with Crippen molar-refractivity contribution in [2.24, 2.45) is 0 Å². The van der Waals surface area contributed by atoms with Crippen LogP contribution in [-0.2, 0) is 9.53 Å². The van der Waals surface area contributed by atoms with Gasteiger partial charge in [-0.1, -0.05) is 18.2 Å². The molecule has 1 aromatic heterocycles. The number of nitro benzene ring substituents is 1. The minimum absolute atomic E-state index is 0.0342. The maximum absolute atomic E-state index is 12.8. The Balaban J connectivity index is 1.68. The van der Waals surface area contributed by atoms with Crippen molar-refractivity contribution in [3.05, 3.63) is 81.5 Å². The maximum Gasteiger partial charge on any atom is 0.331 e. The topological polar surface area (TPSA) is 102 Å². The van der Waals surface area contributed by atoms with Crippen LogP contribution in [0.2, 0.25) is 0 Å². The molecule has 0 unspecified atom stereocenters. The van der Waals surface area contributed by atoms with E-state index in [2.05, 4.69) is 4.98 Å². The van der Waals surface area contributed by atoms with E-state index in [-0.39, 0.29) is 11.5 Å². The third-order valence-electron chi connectivity index (χ3n) is 4.32. The quantitative estimate of drug-likeness (QED) is 0.228. The molecule has 1 N–H and O–H groups in total. The first-order chi connectivity index (χ1) is 13.4. The van der Waals surface area contributed by atoms with Crippen LogP contribution in [0.15, 0.2) is 54.6 Å². The highest BCUT2D eigenvalue weighted by molar-refractivity contribution is 6.11. The first-order valence-corrected chi connectivity index (χ1v) is 8.61. The predicted octanol–water partition coefficient (Wildman–Crippen LogP) is 4.21. The highest BCUT2D eigenvalue weighted by Gasteiger charge is 2.23. The molecule has 3 rings (SSSR count). The Morgan fingerprint density at radius 2 is 1.82 bits per heavy atom. The van der Waals surface area contributed by atoms with Crippen LogP contribution in [0.4, 0.5) is 5.69 Å². The fourth-order valence-electron chi connectivity index (χ4n) is 2.94. The van der Waals surface area contributed by atoms with Crippen LogP contribution in [0.1, 0.15) is 28.5 Å². The highest BCUT2D eigenvalue weighted by atomic mass is 16.6. The van der Waals surface area contributed by atoms with Gasteiger partial charge in [0.1, 0.15) is 0 Å². The van der Waals surface area contributed by atoms with Crippen molar-refractivity contribution in [3.8, 4) is 0 Å². The van der Waals surface area contributed by atoms with E-state index in [0.717, 1.165) is 16.6 Å². The summed E-state index contributed by atoms with van der Waals surface area (Å²) in [6, 6.07) is 13.2. The minimum Gasteiger partial charge on any atom is -0.451 e. The van der Waals surface area contributed by atoms with E-state index in [1.54, 1.807) is 6.92 Å². The summed E-state index contributed by atoms with van der Waals surface area (Å²) < 4.78 is 5.23. The summed E-state index contributed by atoms with van der Waals surface area (Å²) in [5.74, 6) is -0.955. The average Bonchev–Trinajstić information content (AvgIpc) is 3.01. The number of nitrogens with zero attached hydrogens (tertiary/aromatic N) is 1. The average molecular weight is 378 g/mol. The molecule has 0 bridgehead atoms. The second-order valence-corrected chi connectivity index (χ2v) is 6.30. The predicted molar refractivity (Wildman–Crippen MR) is 105 cm³/mol. The summed E-state index contributed by atoms with van der Waals surface area (Å²) in [5, 5.41) is 11.4. The number of aromatic nitrogens is 1. The van der Waals surface area contributed by atoms with Crippen molar-refractivity contribution < 1.29 is 19.2 Å². The number of ketones is 1. The summed E-state index contributed by atoms with van der Waals surface area (Å²) in [7, 11) is 0. The smallest absolute Gasteiger partial charge is 0.331 e. The van der Waals surface area contributed by atoms with Gasteiger partial charge >= 0.3 is 5.97 Å². The zero-order chi connectivity index (χ0) is 20.3. The molecule has 0 saturated heterocycles. The molecule has 2 aromatic carbocycles. The first-order valence-electron chi connectivity index (χ1n) is 8.61. The number of aryl methyl sites for hydroxylation is 1. The second kappa shape index (κ2) is 7.87. The molecule has 7 nitrogen and oxygen atoms in total. The van der Waals surface area contributed by atoms with E-state index in [4.69, 9.17) is 4.74 Å². The number of ether oxygens (including phenoxy) is 1. The van der Waals surface area contributed by atoms with Crippen LogP contribution in [0.3, 0.4) is 0 Å². The van der Waals surface area contributed by atoms with Crippen molar-refractivity contribution in [1.82, 2.24) is 4.98 Å². The zero-order valence-corrected chi connectivity index (χ0v) is 15.3. The number of benzene rings is 2. The fourth-order valence-corrected chi connectivity index (χ4v) is 2.94. The molecule has 0 radical (unpaired) electrons. The number of non-ortho nitro benzene ring substituents is 1. The molecule has 0 amide bonds. The lowest BCUT2D eigenvalue weighted by molar-refractivity contribution is -0.384. The molecule has 0 aliphatic carbocycles. The van der Waals surface area contributed by atoms with E-state index >= 15 is 0 Å². The van der Waals surface area contributed by atoms with Crippen LogP contribution in [0.5, 0.6) is 0 Å². The van der Waals surface area contributed by atoms with Gasteiger partial charge in [-0.15, -0.1) is 0 Å². The van der Waals surface area contributed by atoms with E-state index in [0.29, 0.717) is 11.1 Å². The third-order valence-corrected chi connectivity index (χ3v) is 4.32. The van der Waals surface area contributed by atoms with Crippen molar-refractivity contribution >= 4 is 34.4 Å². The molecular weight excluding hydrogens is 360 g/mol. The van der Waals surface area contributed by atoms with E-state index in [1.165, 1.54) is 43.3 Å². The number of fused-ring (bicyclic) bond motifs is 1. The molecule has 0 aliphatic heterocycles. The Labute approximate surface area is 160 Å². The molecule has 142 valence electrons. The molecule has 1 atom stereocenters. The van der Waals surface area contributed by atoms with Crippen LogP contribution in [0.25, 0.3) is 17.0 Å². The van der Waals surface area contributed by atoms with Crippen molar-refractivity contribution in [3.63, 3.8) is 0 Å². The van der Waals surface area contributed by atoms with Gasteiger partial charge in [-0.2, -0.15) is 0 Å². The summed E-state index contributed by atoms with van der Waals surface area (Å²) in [5.41, 5.74) is 2.65. The van der Waals surface area contributed by atoms with E-state index in [9.17, 15) is 19.7 Å². The Bertz CT molecular complexity index is 1080. The van der Waals surface area contributed by atoms with Crippen molar-refractivity contribution in [2.75, 3.05) is 0 Å². The van der Waals surface area contributed by atoms with Crippen LogP contribution < -0.4 is 0 Å². The molecule has 7 heteroatoms. The molecule has 28 heavy (non-hydrogen) atoms. The first kappa shape index (κ1) is 19.0. The molecule has 0 spiro atoms. The lowest BCUT2D eigenvalue weighted by Gasteiger charge is -2.11. The van der Waals surface area contributed by atoms with Gasteiger partial charge in [0.25, 0.3) is 5.69 Å². The van der Waals surface area contributed by atoms with Crippen LogP contribution >= 0.6 is 0 Å². The Morgan fingerprint density at radius 3 is 2.50 bits per heavy atom. The van der Waals surface area contributed by atoms with Gasteiger partial charge < -0.3 is 9.72 Å². The zero-order valence-electron chi connectivity index (χ0n) is 15.3. The van der Waals surface area contributed by atoms with Gasteiger partial charge in [0, 0.05) is 40.4 Å². The minimum atomic E-state index is -0.952. The summed E-state index contributed by atoms with van der Waals surface area (Å²) in [6.45, 7) is 3.33. The van der Waals surface area contributed by atoms with Gasteiger partial charge in [-0.25, -0.2) is 4.79 Å². The number of para-hydroxylation sites is 1. The normalized spacial score (nSPS) is 12.2. The number of nitro groups is 1. The van der Waals surface area contributed by atoms with Gasteiger partial charge in [-0.3, -0.25) is 14.9 Å². The number of rotatable bonds is 6. The number of aromatic amines is 1. The Hall–Kier alpha value is -3.74. The molecule has 0 fully saturated rings. The number of Topliss-reactive ketones (excluding diaryl/α,β-unsaturated/α-hetero) is 1. The standard InChI is InChI=1S/C21H18N2O5/c1-13-20(17-5-3-4-6-18(17)22-13)21(25)14(2)28-19(24)12-9-15-7-10-16(11-8-15)23(26)27/h3-12,14,22H,1-2H3/b12-9+/t14-/m0/s1. The molecular formula is C21H18N2O5. The van der Waals surface area contributed by atoms with E-state index < -0.39 is 17.0 Å². The van der Waals surface area contributed by atoms with Crippen molar-refractivity contribution in [1.29, 1.82) is 0 Å². The number of nitrogens with one attached hydrogen (secondary N) is 1. The van der Waals surface area contributed by atoms with E-state index in [1.807, 2.05) is 24.3 Å². The summed E-state index contributed by atoms with van der Waals surface area (Å²) in [4.78, 5) is 38.1. The van der Waals surface area contributed by atoms with Gasteiger partial charge in [0.05, 0.1) is 4.92 Å². The molecule has 3 aromatic rings. The number of hydrogen-bond acceptors (Lipinski definition) is 5. The van der Waals surface area contributed by atoms with Crippen LogP contribution in [0, 0.1) is 17.0 Å². The molecule has 1 heterocycles. The Kier molecular flexibility index (Phi) is 5.35. The second-order valence-electron chi connectivity index (χ2n) is 6.30. The monoisotopic (exact) mass is 378 g/mol. The third kappa shape index (κ3) is 3.98. The van der Waals surface area contributed by atoms with Crippen molar-refractivity contribution in [2.45, 2.75) is 20.0 Å². The number of carbonyl (C=O) groups excluding carboxylic acids is 2. The lowest BCUT2D eigenvalue weighted by Crippen LogP contribution is -2.24. The summed E-state index contributed by atoms with van der Waals surface area (Å²) in [6.07, 6.45) is 1.71. The lowest BCUT2D eigenvalue weighted by atomic mass is 10.0. The summed E-state index contributed by atoms with van der Waals surface area (Å²) >= 11 is 0. The maximum atomic E-state index is 12.8. The largest absolute Gasteiger partial charge is 0.451 e. The van der Waals surface area contributed by atoms with Gasteiger partial charge in [0.2, 0.25) is 5.78 Å². The number of esters is 1. The number of carbonyl (C=O) groups is 2.